The Balaban J connectivity index is 1.55. The molecule has 1 fully saturated rings. The fraction of sp³-hybridized carbons (Fsp3) is 0.462. The van der Waals surface area contributed by atoms with E-state index in [1.54, 1.807) is 23.9 Å². The van der Waals surface area contributed by atoms with Gasteiger partial charge in [-0.15, -0.1) is 0 Å². The summed E-state index contributed by atoms with van der Waals surface area (Å²) in [5, 5.41) is 6.52. The number of hydrogen-bond donors (Lipinski definition) is 2. The van der Waals surface area contributed by atoms with E-state index in [0.717, 1.165) is 30.4 Å². The van der Waals surface area contributed by atoms with Gasteiger partial charge in [-0.1, -0.05) is 13.0 Å². The molecule has 3 aromatic rings. The van der Waals surface area contributed by atoms with Crippen molar-refractivity contribution in [2.75, 3.05) is 18.7 Å². The third kappa shape index (κ3) is 5.35. The number of ether oxygens (including phenoxy) is 1. The molecule has 0 aromatic carbocycles. The van der Waals surface area contributed by atoms with Gasteiger partial charge < -0.3 is 15.4 Å². The van der Waals surface area contributed by atoms with E-state index in [1.165, 1.54) is 12.3 Å². The zero-order valence-corrected chi connectivity index (χ0v) is 23.4. The van der Waals surface area contributed by atoms with E-state index in [4.69, 9.17) is 9.72 Å². The van der Waals surface area contributed by atoms with Crippen LogP contribution in [0.4, 0.5) is 5.82 Å². The fourth-order valence-corrected chi connectivity index (χ4v) is 5.06. The third-order valence-electron chi connectivity index (χ3n) is 6.86. The van der Waals surface area contributed by atoms with Crippen LogP contribution in [0.5, 0.6) is 0 Å². The molecule has 4 heterocycles. The summed E-state index contributed by atoms with van der Waals surface area (Å²) in [7, 11) is -1.81. The highest BCUT2D eigenvalue weighted by Gasteiger charge is 2.35. The van der Waals surface area contributed by atoms with Crippen LogP contribution in [-0.4, -0.2) is 58.3 Å². The number of nitrogens with one attached hydrogen (secondary N) is 2. The van der Waals surface area contributed by atoms with Crippen molar-refractivity contribution >= 4 is 38.3 Å². The van der Waals surface area contributed by atoms with E-state index in [2.05, 4.69) is 30.6 Å². The lowest BCUT2D eigenvalue weighted by atomic mass is 10.1. The molecule has 5 rings (SSSR count). The molecule has 12 nitrogen and oxygen atoms in total. The quantitative estimate of drug-likeness (QED) is 0.426. The second kappa shape index (κ2) is 10.4. The number of aliphatic imine (C=N–C) groups is 1. The summed E-state index contributed by atoms with van der Waals surface area (Å²) in [6.45, 7) is 6.17. The van der Waals surface area contributed by atoms with Crippen LogP contribution in [0.15, 0.2) is 45.0 Å². The first kappa shape index (κ1) is 26.7. The number of methoxy groups -OCH3 is 1. The first-order valence-electron chi connectivity index (χ1n) is 12.9. The standard InChI is InChI=1S/C26H32N8O4S/c1-6-14(2)34-24-18(32-23(26(34)35)28-12-16-7-10-19(27-11-16)39(5,36)37)13-29-22(33-24)20-21(17-8-9-17)30-15(3)31-25(20)38-4/h7,10-11,13-15,17,30H,6,8-9,12H2,1-5H3,(H,28,32)/t14-,15?/m0/s1. The first-order chi connectivity index (χ1) is 18.6. The Labute approximate surface area is 226 Å². The van der Waals surface area contributed by atoms with Crippen LogP contribution >= 0.6 is 0 Å². The van der Waals surface area contributed by atoms with E-state index in [1.807, 2.05) is 20.8 Å². The summed E-state index contributed by atoms with van der Waals surface area (Å²) in [6.07, 6.45) is 6.92. The van der Waals surface area contributed by atoms with Crippen molar-refractivity contribution in [3.63, 3.8) is 0 Å². The SMILES string of the molecule is CC[C@H](C)n1c(=O)c(NCc2ccc(S(C)(=O)=O)nc2)nc2cnc(C3=C(C4CC4)NC(C)N=C3OC)nc21. The highest BCUT2D eigenvalue weighted by Crippen LogP contribution is 2.40. The normalized spacial score (nSPS) is 18.5. The molecule has 1 aliphatic heterocycles. The Hall–Kier alpha value is -3.87. The smallest absolute Gasteiger partial charge is 0.295 e. The average Bonchev–Trinajstić information content (AvgIpc) is 3.76. The lowest BCUT2D eigenvalue weighted by Crippen LogP contribution is -2.34. The second-order valence-electron chi connectivity index (χ2n) is 9.95. The van der Waals surface area contributed by atoms with Crippen LogP contribution in [0.1, 0.15) is 57.5 Å². The Kier molecular flexibility index (Phi) is 7.10. The molecule has 0 radical (unpaired) electrons. The summed E-state index contributed by atoms with van der Waals surface area (Å²) in [5.41, 5.74) is 3.03. The zero-order chi connectivity index (χ0) is 27.9. The number of hydrogen-bond acceptors (Lipinski definition) is 11. The molecule has 2 N–H and O–H groups in total. The predicted octanol–water partition coefficient (Wildman–Crippen LogP) is 2.68. The molecule has 206 valence electrons. The van der Waals surface area contributed by atoms with Gasteiger partial charge in [0.15, 0.2) is 32.2 Å². The molecule has 0 saturated heterocycles. The van der Waals surface area contributed by atoms with Crippen molar-refractivity contribution in [2.45, 2.75) is 63.8 Å². The van der Waals surface area contributed by atoms with Crippen molar-refractivity contribution in [1.82, 2.24) is 29.8 Å². The number of allylic oxidation sites excluding steroid dienone is 1. The Morgan fingerprint density at radius 2 is 1.97 bits per heavy atom. The fourth-order valence-electron chi connectivity index (χ4n) is 4.50. The molecule has 0 bridgehead atoms. The van der Waals surface area contributed by atoms with Gasteiger partial charge in [-0.25, -0.2) is 33.3 Å². The number of fused-ring (bicyclic) bond motifs is 1. The van der Waals surface area contributed by atoms with Crippen LogP contribution in [0.3, 0.4) is 0 Å². The molecule has 0 spiro atoms. The van der Waals surface area contributed by atoms with Gasteiger partial charge >= 0.3 is 0 Å². The van der Waals surface area contributed by atoms with Gasteiger partial charge in [0.1, 0.15) is 17.3 Å². The number of sulfone groups is 1. The minimum Gasteiger partial charge on any atom is -0.481 e. The van der Waals surface area contributed by atoms with Crippen LogP contribution in [0.25, 0.3) is 16.7 Å². The van der Waals surface area contributed by atoms with Crippen molar-refractivity contribution in [1.29, 1.82) is 0 Å². The highest BCUT2D eigenvalue weighted by atomic mass is 32.2. The second-order valence-corrected chi connectivity index (χ2v) is 11.9. The molecule has 1 unspecified atom stereocenters. The van der Waals surface area contributed by atoms with Crippen LogP contribution in [-0.2, 0) is 21.1 Å². The maximum atomic E-state index is 13.6. The molecule has 2 aliphatic rings. The molecule has 1 saturated carbocycles. The van der Waals surface area contributed by atoms with Crippen LogP contribution in [0, 0.1) is 5.92 Å². The number of anilines is 1. The lowest BCUT2D eigenvalue weighted by molar-refractivity contribution is 0.396. The number of nitrogens with zero attached hydrogens (tertiary/aromatic N) is 6. The summed E-state index contributed by atoms with van der Waals surface area (Å²) < 4.78 is 30.6. The minimum absolute atomic E-state index is 0.00795. The topological polar surface area (TPSA) is 153 Å². The van der Waals surface area contributed by atoms with E-state index in [0.29, 0.717) is 40.8 Å². The molecule has 1 aliphatic carbocycles. The summed E-state index contributed by atoms with van der Waals surface area (Å²) in [4.78, 5) is 36.2. The van der Waals surface area contributed by atoms with Crippen LogP contribution < -0.4 is 16.2 Å². The van der Waals surface area contributed by atoms with Crippen molar-refractivity contribution in [2.24, 2.45) is 10.9 Å². The van der Waals surface area contributed by atoms with E-state index >= 15 is 0 Å². The third-order valence-corrected chi connectivity index (χ3v) is 7.86. The van der Waals surface area contributed by atoms with Gasteiger partial charge in [0.25, 0.3) is 5.56 Å². The maximum Gasteiger partial charge on any atom is 0.295 e. The zero-order valence-electron chi connectivity index (χ0n) is 22.6. The van der Waals surface area contributed by atoms with Gasteiger partial charge in [-0.2, -0.15) is 0 Å². The van der Waals surface area contributed by atoms with Gasteiger partial charge in [-0.05, 0) is 50.7 Å². The van der Waals surface area contributed by atoms with Gasteiger partial charge in [0.2, 0.25) is 5.90 Å². The number of aromatic nitrogens is 5. The lowest BCUT2D eigenvalue weighted by Gasteiger charge is -2.25. The molecule has 2 atom stereocenters. The number of rotatable bonds is 8. The van der Waals surface area contributed by atoms with Crippen LogP contribution in [0.2, 0.25) is 0 Å². The van der Waals surface area contributed by atoms with Gasteiger partial charge in [0, 0.05) is 30.7 Å². The van der Waals surface area contributed by atoms with E-state index in [-0.39, 0.29) is 35.2 Å². The largest absolute Gasteiger partial charge is 0.481 e. The van der Waals surface area contributed by atoms with Gasteiger partial charge in [-0.3, -0.25) is 9.36 Å². The summed E-state index contributed by atoms with van der Waals surface area (Å²) >= 11 is 0. The molecule has 39 heavy (non-hydrogen) atoms. The molecule has 0 amide bonds. The van der Waals surface area contributed by atoms with Crippen molar-refractivity contribution < 1.29 is 13.2 Å². The molecule has 3 aromatic heterocycles. The first-order valence-corrected chi connectivity index (χ1v) is 14.8. The molecular formula is C26H32N8O4S. The maximum absolute atomic E-state index is 13.6. The average molecular weight is 553 g/mol. The monoisotopic (exact) mass is 552 g/mol. The van der Waals surface area contributed by atoms with Crippen molar-refractivity contribution in [3.05, 3.63) is 52.0 Å². The van der Waals surface area contributed by atoms with Crippen molar-refractivity contribution in [3.8, 4) is 0 Å². The minimum atomic E-state index is -3.39. The Morgan fingerprint density at radius 1 is 1.21 bits per heavy atom. The Morgan fingerprint density at radius 3 is 2.59 bits per heavy atom. The Bertz CT molecular complexity index is 1640. The molecule has 13 heteroatoms. The van der Waals surface area contributed by atoms with E-state index in [9.17, 15) is 13.2 Å². The summed E-state index contributed by atoms with van der Waals surface area (Å²) in [6, 6.07) is 2.94. The summed E-state index contributed by atoms with van der Waals surface area (Å²) in [5.74, 6) is 1.43. The number of pyridine rings is 1. The van der Waals surface area contributed by atoms with Gasteiger partial charge in [0.05, 0.1) is 13.3 Å². The van der Waals surface area contributed by atoms with E-state index < -0.39 is 9.84 Å². The molecular weight excluding hydrogens is 520 g/mol. The highest BCUT2D eigenvalue weighted by molar-refractivity contribution is 7.90. The predicted molar refractivity (Wildman–Crippen MR) is 148 cm³/mol.